The van der Waals surface area contributed by atoms with Gasteiger partial charge in [-0.3, -0.25) is 18.7 Å². The summed E-state index contributed by atoms with van der Waals surface area (Å²) in [5.74, 6) is -0.348. The summed E-state index contributed by atoms with van der Waals surface area (Å²) in [5.41, 5.74) is 1.43. The number of hydrogen-bond acceptors (Lipinski definition) is 4. The third-order valence-electron chi connectivity index (χ3n) is 4.99. The molecular formula is C19H21N5O2. The molecule has 7 nitrogen and oxygen atoms in total. The van der Waals surface area contributed by atoms with Gasteiger partial charge in [0.25, 0.3) is 11.5 Å². The maximum atomic E-state index is 12.6. The van der Waals surface area contributed by atoms with E-state index in [1.807, 2.05) is 17.8 Å². The molecule has 0 atom stereocenters. The smallest absolute Gasteiger partial charge is 0.270 e. The second kappa shape index (κ2) is 6.74. The van der Waals surface area contributed by atoms with Crippen LogP contribution in [-0.4, -0.2) is 31.1 Å². The Hall–Kier alpha value is -2.96. The van der Waals surface area contributed by atoms with Crippen LogP contribution in [0.5, 0.6) is 0 Å². The number of nitrogens with zero attached hydrogens (tertiary/aromatic N) is 4. The molecule has 0 radical (unpaired) electrons. The third kappa shape index (κ3) is 3.12. The summed E-state index contributed by atoms with van der Waals surface area (Å²) in [4.78, 5) is 29.3. The van der Waals surface area contributed by atoms with E-state index < -0.39 is 0 Å². The monoisotopic (exact) mass is 351 g/mol. The Morgan fingerprint density at radius 3 is 2.73 bits per heavy atom. The largest absolute Gasteiger partial charge is 0.349 e. The Balaban J connectivity index is 1.43. The van der Waals surface area contributed by atoms with E-state index in [0.29, 0.717) is 11.7 Å². The Morgan fingerprint density at radius 2 is 2.00 bits per heavy atom. The fourth-order valence-electron chi connectivity index (χ4n) is 3.56. The van der Waals surface area contributed by atoms with Gasteiger partial charge in [-0.2, -0.15) is 5.10 Å². The average molecular weight is 351 g/mol. The van der Waals surface area contributed by atoms with Crippen molar-refractivity contribution in [3.05, 3.63) is 64.5 Å². The van der Waals surface area contributed by atoms with Gasteiger partial charge in [0.15, 0.2) is 0 Å². The number of aryl methyl sites for hydroxylation is 1. The molecule has 0 bridgehead atoms. The van der Waals surface area contributed by atoms with Crippen molar-refractivity contribution in [3.63, 3.8) is 0 Å². The van der Waals surface area contributed by atoms with Crippen molar-refractivity contribution in [1.29, 1.82) is 0 Å². The molecule has 1 N–H and O–H groups in total. The van der Waals surface area contributed by atoms with Gasteiger partial charge in [0.1, 0.15) is 11.2 Å². The Kier molecular flexibility index (Phi) is 4.28. The molecule has 7 heteroatoms. The summed E-state index contributed by atoms with van der Waals surface area (Å²) < 4.78 is 3.42. The minimum atomic E-state index is -0.348. The highest BCUT2D eigenvalue weighted by atomic mass is 16.2. The molecule has 3 heterocycles. The highest BCUT2D eigenvalue weighted by Crippen LogP contribution is 2.28. The Bertz CT molecular complexity index is 998. The number of nitrogens with one attached hydrogen (secondary N) is 1. The number of aromatic nitrogens is 4. The lowest BCUT2D eigenvalue weighted by Gasteiger charge is -2.29. The van der Waals surface area contributed by atoms with Crippen LogP contribution in [0.2, 0.25) is 0 Å². The maximum absolute atomic E-state index is 12.6. The first-order chi connectivity index (χ1) is 12.6. The fraction of sp³-hybridized carbons (Fsp3) is 0.368. The van der Waals surface area contributed by atoms with Crippen molar-refractivity contribution >= 4 is 11.6 Å². The van der Waals surface area contributed by atoms with Crippen molar-refractivity contribution in [2.45, 2.75) is 44.7 Å². The van der Waals surface area contributed by atoms with E-state index in [0.717, 1.165) is 31.2 Å². The molecule has 4 rings (SSSR count). The average Bonchev–Trinajstić information content (AvgIpc) is 3.09. The lowest BCUT2D eigenvalue weighted by Crippen LogP contribution is -2.40. The molecule has 1 aliphatic carbocycles. The zero-order valence-corrected chi connectivity index (χ0v) is 14.6. The van der Waals surface area contributed by atoms with Gasteiger partial charge in [0.2, 0.25) is 0 Å². The lowest BCUT2D eigenvalue weighted by molar-refractivity contribution is 0.0919. The molecule has 0 spiro atoms. The van der Waals surface area contributed by atoms with Crippen molar-refractivity contribution in [2.24, 2.45) is 0 Å². The number of amides is 1. The van der Waals surface area contributed by atoms with E-state index in [4.69, 9.17) is 0 Å². The summed E-state index contributed by atoms with van der Waals surface area (Å²) in [5, 5.41) is 7.39. The number of carbonyl (C=O) groups excluding carboxylic acids is 1. The second-order valence-electron chi connectivity index (χ2n) is 6.88. The number of pyridine rings is 1. The summed E-state index contributed by atoms with van der Waals surface area (Å²) in [6.07, 6.45) is 10.6. The molecule has 1 saturated carbocycles. The standard InChI is InChI=1S/C19H21N5O2/c1-13-10-21-24(12-13)15-7-5-14(6-8-15)22-18(25)16-11-20-17-4-2-3-9-23(17)19(16)26/h2-4,9-12,14-15H,5-8H2,1H3,(H,22,25). The van der Waals surface area contributed by atoms with Gasteiger partial charge in [-0.25, -0.2) is 4.98 Å². The molecule has 134 valence electrons. The van der Waals surface area contributed by atoms with Crippen molar-refractivity contribution in [3.8, 4) is 0 Å². The molecule has 26 heavy (non-hydrogen) atoms. The van der Waals surface area contributed by atoms with Gasteiger partial charge in [0.05, 0.1) is 12.2 Å². The first kappa shape index (κ1) is 16.5. The van der Waals surface area contributed by atoms with Gasteiger partial charge >= 0.3 is 0 Å². The molecule has 3 aromatic heterocycles. The van der Waals surface area contributed by atoms with Crippen LogP contribution in [0.3, 0.4) is 0 Å². The quantitative estimate of drug-likeness (QED) is 0.784. The zero-order valence-electron chi connectivity index (χ0n) is 14.6. The van der Waals surface area contributed by atoms with Crippen LogP contribution in [0.1, 0.15) is 47.6 Å². The Morgan fingerprint density at radius 1 is 1.19 bits per heavy atom. The molecule has 1 aliphatic rings. The highest BCUT2D eigenvalue weighted by Gasteiger charge is 2.25. The first-order valence-corrected chi connectivity index (χ1v) is 8.90. The zero-order chi connectivity index (χ0) is 18.1. The molecular weight excluding hydrogens is 330 g/mol. The minimum Gasteiger partial charge on any atom is -0.349 e. The first-order valence-electron chi connectivity index (χ1n) is 8.90. The van der Waals surface area contributed by atoms with Crippen LogP contribution < -0.4 is 10.9 Å². The van der Waals surface area contributed by atoms with E-state index in [2.05, 4.69) is 21.6 Å². The summed E-state index contributed by atoms with van der Waals surface area (Å²) in [6.45, 7) is 2.03. The lowest BCUT2D eigenvalue weighted by atomic mass is 9.91. The molecule has 0 saturated heterocycles. The number of carbonyl (C=O) groups is 1. The molecule has 1 amide bonds. The van der Waals surface area contributed by atoms with Crippen molar-refractivity contribution < 1.29 is 4.79 Å². The SMILES string of the molecule is Cc1cnn(C2CCC(NC(=O)c3cnc4ccccn4c3=O)CC2)c1. The number of hydrogen-bond donors (Lipinski definition) is 1. The van der Waals surface area contributed by atoms with Crippen LogP contribution in [0.4, 0.5) is 0 Å². The van der Waals surface area contributed by atoms with E-state index in [9.17, 15) is 9.59 Å². The van der Waals surface area contributed by atoms with Crippen molar-refractivity contribution in [1.82, 2.24) is 24.5 Å². The molecule has 1 fully saturated rings. The van der Waals surface area contributed by atoms with Crippen LogP contribution in [0, 0.1) is 6.92 Å². The summed E-state index contributed by atoms with van der Waals surface area (Å²) in [7, 11) is 0. The molecule has 3 aromatic rings. The summed E-state index contributed by atoms with van der Waals surface area (Å²) >= 11 is 0. The fourth-order valence-corrected chi connectivity index (χ4v) is 3.56. The maximum Gasteiger partial charge on any atom is 0.270 e. The summed E-state index contributed by atoms with van der Waals surface area (Å²) in [6, 6.07) is 5.74. The van der Waals surface area contributed by atoms with E-state index >= 15 is 0 Å². The minimum absolute atomic E-state index is 0.0753. The molecule has 0 unspecified atom stereocenters. The predicted molar refractivity (Wildman–Crippen MR) is 97.2 cm³/mol. The van der Waals surface area contributed by atoms with Gasteiger partial charge in [-0.05, 0) is 50.3 Å². The number of rotatable bonds is 3. The Labute approximate surface area is 150 Å². The van der Waals surface area contributed by atoms with Gasteiger partial charge in [-0.15, -0.1) is 0 Å². The topological polar surface area (TPSA) is 81.3 Å². The van der Waals surface area contributed by atoms with Gasteiger partial charge < -0.3 is 5.32 Å². The normalized spacial score (nSPS) is 20.2. The van der Waals surface area contributed by atoms with Crippen molar-refractivity contribution in [2.75, 3.05) is 0 Å². The van der Waals surface area contributed by atoms with E-state index in [1.54, 1.807) is 24.4 Å². The van der Waals surface area contributed by atoms with E-state index in [1.165, 1.54) is 10.6 Å². The second-order valence-corrected chi connectivity index (χ2v) is 6.88. The third-order valence-corrected chi connectivity index (χ3v) is 4.99. The number of fused-ring (bicyclic) bond motifs is 1. The van der Waals surface area contributed by atoms with Crippen LogP contribution in [0.25, 0.3) is 5.65 Å². The van der Waals surface area contributed by atoms with E-state index in [-0.39, 0.29) is 23.1 Å². The van der Waals surface area contributed by atoms with Gasteiger partial charge in [0, 0.05) is 24.6 Å². The highest BCUT2D eigenvalue weighted by molar-refractivity contribution is 5.93. The van der Waals surface area contributed by atoms with Gasteiger partial charge in [-0.1, -0.05) is 6.07 Å². The predicted octanol–water partition coefficient (Wildman–Crippen LogP) is 2.11. The molecule has 0 aromatic carbocycles. The van der Waals surface area contributed by atoms with Crippen LogP contribution in [0.15, 0.2) is 47.8 Å². The van der Waals surface area contributed by atoms with Crippen LogP contribution in [-0.2, 0) is 0 Å². The van der Waals surface area contributed by atoms with Crippen LogP contribution >= 0.6 is 0 Å². The molecule has 0 aliphatic heterocycles.